The van der Waals surface area contributed by atoms with Crippen molar-refractivity contribution in [2.45, 2.75) is 45.6 Å². The molecule has 1 aliphatic rings. The number of hydrogen-bond acceptors (Lipinski definition) is 2. The van der Waals surface area contributed by atoms with E-state index in [2.05, 4.69) is 5.32 Å². The highest BCUT2D eigenvalue weighted by molar-refractivity contribution is 6.31. The van der Waals surface area contributed by atoms with Crippen molar-refractivity contribution >= 4 is 23.2 Å². The second kappa shape index (κ2) is 6.98. The molecule has 2 rings (SSSR count). The van der Waals surface area contributed by atoms with E-state index in [0.29, 0.717) is 0 Å². The zero-order chi connectivity index (χ0) is 14.5. The fourth-order valence-corrected chi connectivity index (χ4v) is 2.74. The zero-order valence-electron chi connectivity index (χ0n) is 12.3. The van der Waals surface area contributed by atoms with E-state index in [-0.39, 0.29) is 11.9 Å². The fraction of sp³-hybridized carbons (Fsp3) is 0.562. The third-order valence-electron chi connectivity index (χ3n) is 3.84. The van der Waals surface area contributed by atoms with Gasteiger partial charge < -0.3 is 10.2 Å². The van der Waals surface area contributed by atoms with Crippen LogP contribution in [-0.2, 0) is 4.79 Å². The minimum Gasteiger partial charge on any atom is -0.374 e. The van der Waals surface area contributed by atoms with Crippen LogP contribution in [0.15, 0.2) is 18.2 Å². The molecule has 1 N–H and O–H groups in total. The van der Waals surface area contributed by atoms with Crippen LogP contribution in [0.1, 0.15) is 38.2 Å². The second-order valence-electron chi connectivity index (χ2n) is 5.57. The van der Waals surface area contributed by atoms with E-state index < -0.39 is 0 Å². The number of nitrogens with zero attached hydrogens (tertiary/aromatic N) is 1. The van der Waals surface area contributed by atoms with E-state index in [4.69, 9.17) is 11.6 Å². The lowest BCUT2D eigenvalue weighted by atomic mass is 10.2. The van der Waals surface area contributed by atoms with E-state index >= 15 is 0 Å². The minimum atomic E-state index is -0.216. The van der Waals surface area contributed by atoms with E-state index in [1.54, 1.807) is 0 Å². The van der Waals surface area contributed by atoms with E-state index in [9.17, 15) is 4.79 Å². The largest absolute Gasteiger partial charge is 0.374 e. The second-order valence-corrected chi connectivity index (χ2v) is 5.98. The standard InChI is InChI=1S/C16H23ClN2O/c1-12-7-8-14(11-15(12)17)18-13(2)16(20)19-9-5-3-4-6-10-19/h7-8,11,13,18H,3-6,9-10H2,1-2H3. The molecule has 20 heavy (non-hydrogen) atoms. The maximum atomic E-state index is 12.4. The molecule has 1 aromatic carbocycles. The van der Waals surface area contributed by atoms with Crippen LogP contribution in [0.4, 0.5) is 5.69 Å². The first-order chi connectivity index (χ1) is 9.58. The van der Waals surface area contributed by atoms with Gasteiger partial charge in [0.15, 0.2) is 0 Å². The molecule has 1 fully saturated rings. The number of anilines is 1. The topological polar surface area (TPSA) is 32.3 Å². The molecular weight excluding hydrogens is 272 g/mol. The highest BCUT2D eigenvalue weighted by Gasteiger charge is 2.21. The monoisotopic (exact) mass is 294 g/mol. The molecular formula is C16H23ClN2O. The molecule has 1 heterocycles. The first kappa shape index (κ1) is 15.2. The highest BCUT2D eigenvalue weighted by Crippen LogP contribution is 2.21. The molecule has 1 unspecified atom stereocenters. The van der Waals surface area contributed by atoms with E-state index in [0.717, 1.165) is 42.2 Å². The normalized spacial score (nSPS) is 17.4. The maximum Gasteiger partial charge on any atom is 0.244 e. The molecule has 0 bridgehead atoms. The van der Waals surface area contributed by atoms with Gasteiger partial charge in [-0.3, -0.25) is 4.79 Å². The number of rotatable bonds is 3. The number of carbonyl (C=O) groups excluding carboxylic acids is 1. The predicted molar refractivity (Wildman–Crippen MR) is 84.3 cm³/mol. The number of nitrogens with one attached hydrogen (secondary N) is 1. The lowest BCUT2D eigenvalue weighted by Gasteiger charge is -2.25. The summed E-state index contributed by atoms with van der Waals surface area (Å²) in [6.07, 6.45) is 4.71. The van der Waals surface area contributed by atoms with Crippen LogP contribution in [0, 0.1) is 6.92 Å². The Hall–Kier alpha value is -1.22. The van der Waals surface area contributed by atoms with Crippen molar-refractivity contribution in [3.8, 4) is 0 Å². The third-order valence-corrected chi connectivity index (χ3v) is 4.25. The van der Waals surface area contributed by atoms with Crippen LogP contribution >= 0.6 is 11.6 Å². The van der Waals surface area contributed by atoms with Crippen LogP contribution < -0.4 is 5.32 Å². The van der Waals surface area contributed by atoms with Gasteiger partial charge in [0, 0.05) is 23.8 Å². The Morgan fingerprint density at radius 1 is 1.25 bits per heavy atom. The molecule has 3 nitrogen and oxygen atoms in total. The van der Waals surface area contributed by atoms with Gasteiger partial charge in [0.1, 0.15) is 6.04 Å². The van der Waals surface area contributed by atoms with Crippen molar-refractivity contribution < 1.29 is 4.79 Å². The molecule has 0 aromatic heterocycles. The number of hydrogen-bond donors (Lipinski definition) is 1. The molecule has 1 aromatic rings. The van der Waals surface area contributed by atoms with Crippen LogP contribution in [0.2, 0.25) is 5.02 Å². The van der Waals surface area contributed by atoms with Crippen LogP contribution in [-0.4, -0.2) is 29.9 Å². The number of benzene rings is 1. The Kier molecular flexibility index (Phi) is 5.30. The Balaban J connectivity index is 1.97. The lowest BCUT2D eigenvalue weighted by molar-refractivity contribution is -0.131. The summed E-state index contributed by atoms with van der Waals surface area (Å²) in [5.41, 5.74) is 1.94. The summed E-state index contributed by atoms with van der Waals surface area (Å²) in [7, 11) is 0. The van der Waals surface area contributed by atoms with Crippen LogP contribution in [0.3, 0.4) is 0 Å². The lowest BCUT2D eigenvalue weighted by Crippen LogP contribution is -2.41. The quantitative estimate of drug-likeness (QED) is 0.918. The molecule has 1 amide bonds. The Morgan fingerprint density at radius 2 is 1.90 bits per heavy atom. The average Bonchev–Trinajstić information content (AvgIpc) is 2.71. The van der Waals surface area contributed by atoms with Crippen molar-refractivity contribution in [3.63, 3.8) is 0 Å². The zero-order valence-corrected chi connectivity index (χ0v) is 13.0. The van der Waals surface area contributed by atoms with Crippen molar-refractivity contribution in [2.75, 3.05) is 18.4 Å². The molecule has 1 aliphatic heterocycles. The molecule has 1 saturated heterocycles. The molecule has 1 atom stereocenters. The number of aryl methyl sites for hydroxylation is 1. The van der Waals surface area contributed by atoms with Gasteiger partial charge >= 0.3 is 0 Å². The SMILES string of the molecule is Cc1ccc(NC(C)C(=O)N2CCCCCC2)cc1Cl. The van der Waals surface area contributed by atoms with E-state index in [1.165, 1.54) is 12.8 Å². The summed E-state index contributed by atoms with van der Waals surface area (Å²) in [5.74, 6) is 0.184. The summed E-state index contributed by atoms with van der Waals surface area (Å²) >= 11 is 6.11. The molecule has 4 heteroatoms. The number of carbonyl (C=O) groups is 1. The van der Waals surface area contributed by atoms with Gasteiger partial charge in [0.05, 0.1) is 0 Å². The first-order valence-corrected chi connectivity index (χ1v) is 7.77. The molecule has 110 valence electrons. The van der Waals surface area contributed by atoms with Crippen molar-refractivity contribution in [3.05, 3.63) is 28.8 Å². The Labute approximate surface area is 126 Å². The van der Waals surface area contributed by atoms with Gasteiger partial charge in [-0.1, -0.05) is 30.5 Å². The predicted octanol–water partition coefficient (Wildman–Crippen LogP) is 3.85. The minimum absolute atomic E-state index is 0.184. The highest BCUT2D eigenvalue weighted by atomic mass is 35.5. The Bertz CT molecular complexity index is 468. The van der Waals surface area contributed by atoms with Crippen molar-refractivity contribution in [1.29, 1.82) is 0 Å². The van der Waals surface area contributed by atoms with Gasteiger partial charge in [-0.2, -0.15) is 0 Å². The molecule has 0 radical (unpaired) electrons. The summed E-state index contributed by atoms with van der Waals surface area (Å²) in [5, 5.41) is 3.98. The molecule has 0 saturated carbocycles. The van der Waals surface area contributed by atoms with Crippen molar-refractivity contribution in [1.82, 2.24) is 4.90 Å². The smallest absolute Gasteiger partial charge is 0.244 e. The third kappa shape index (κ3) is 3.89. The van der Waals surface area contributed by atoms with Gasteiger partial charge in [-0.05, 0) is 44.4 Å². The van der Waals surface area contributed by atoms with Crippen LogP contribution in [0.25, 0.3) is 0 Å². The summed E-state index contributed by atoms with van der Waals surface area (Å²) in [6.45, 7) is 5.66. The molecule has 0 spiro atoms. The van der Waals surface area contributed by atoms with Gasteiger partial charge in [0.25, 0.3) is 0 Å². The van der Waals surface area contributed by atoms with Crippen LogP contribution in [0.5, 0.6) is 0 Å². The van der Waals surface area contributed by atoms with Gasteiger partial charge in [0.2, 0.25) is 5.91 Å². The van der Waals surface area contributed by atoms with Crippen molar-refractivity contribution in [2.24, 2.45) is 0 Å². The maximum absolute atomic E-state index is 12.4. The van der Waals surface area contributed by atoms with E-state index in [1.807, 2.05) is 36.9 Å². The van der Waals surface area contributed by atoms with Gasteiger partial charge in [-0.15, -0.1) is 0 Å². The number of amides is 1. The summed E-state index contributed by atoms with van der Waals surface area (Å²) < 4.78 is 0. The number of likely N-dealkylation sites (tertiary alicyclic amines) is 1. The first-order valence-electron chi connectivity index (χ1n) is 7.39. The number of halogens is 1. The summed E-state index contributed by atoms with van der Waals surface area (Å²) in [4.78, 5) is 14.4. The fourth-order valence-electron chi connectivity index (χ4n) is 2.56. The average molecular weight is 295 g/mol. The van der Waals surface area contributed by atoms with Gasteiger partial charge in [-0.25, -0.2) is 0 Å². The summed E-state index contributed by atoms with van der Waals surface area (Å²) in [6, 6.07) is 5.59. The molecule has 0 aliphatic carbocycles. The Morgan fingerprint density at radius 3 is 2.50 bits per heavy atom.